The van der Waals surface area contributed by atoms with Crippen molar-refractivity contribution in [3.8, 4) is 0 Å². The maximum atomic E-state index is 14.1. The number of nitrogens with zero attached hydrogens (tertiary/aromatic N) is 1. The number of aliphatic hydroxyl groups is 5. The minimum Gasteiger partial charge on any atom is -0.459 e. The lowest BCUT2D eigenvalue weighted by molar-refractivity contribution is -0.318. The van der Waals surface area contributed by atoms with Gasteiger partial charge in [0.1, 0.15) is 29.7 Å². The summed E-state index contributed by atoms with van der Waals surface area (Å²) >= 11 is 0. The monoisotopic (exact) mass is 984 g/mol. The molecule has 0 radical (unpaired) electrons. The van der Waals surface area contributed by atoms with Crippen molar-refractivity contribution in [3.05, 3.63) is 0 Å². The Morgan fingerprint density at radius 1 is 0.776 bits per heavy atom. The minimum atomic E-state index is -3.73. The van der Waals surface area contributed by atoms with Crippen LogP contribution in [0.25, 0.3) is 0 Å². The summed E-state index contributed by atoms with van der Waals surface area (Å²) in [6.45, 7) is 18.5. The summed E-state index contributed by atoms with van der Waals surface area (Å²) < 4.78 is 66.4. The van der Waals surface area contributed by atoms with Gasteiger partial charge in [-0.05, 0) is 81.3 Å². The number of Topliss-reactive ketones (excluding diaryl/α,β-unsaturated/α-hetero) is 1. The Labute approximate surface area is 403 Å². The van der Waals surface area contributed by atoms with Gasteiger partial charge in [-0.2, -0.15) is 8.42 Å². The molecular formula is C49H93NO16S. The van der Waals surface area contributed by atoms with Crippen LogP contribution >= 0.6 is 0 Å². The van der Waals surface area contributed by atoms with Gasteiger partial charge in [-0.1, -0.05) is 92.4 Å². The molecule has 0 aliphatic carbocycles. The van der Waals surface area contributed by atoms with Crippen molar-refractivity contribution in [2.75, 3.05) is 27.0 Å². The number of unbranched alkanes of at least 4 members (excludes halogenated alkanes) is 9. The van der Waals surface area contributed by atoms with Crippen molar-refractivity contribution in [2.24, 2.45) is 23.7 Å². The van der Waals surface area contributed by atoms with E-state index < -0.39 is 118 Å². The average Bonchev–Trinajstić information content (AvgIpc) is 3.24. The molecule has 0 unspecified atom stereocenters. The van der Waals surface area contributed by atoms with Crippen molar-refractivity contribution in [1.29, 1.82) is 0 Å². The van der Waals surface area contributed by atoms with Crippen LogP contribution in [0.4, 0.5) is 0 Å². The van der Waals surface area contributed by atoms with Crippen molar-refractivity contribution < 1.29 is 76.5 Å². The number of rotatable bonds is 18. The van der Waals surface area contributed by atoms with Gasteiger partial charge in [0.15, 0.2) is 12.6 Å². The van der Waals surface area contributed by atoms with Gasteiger partial charge in [0, 0.05) is 37.3 Å². The lowest BCUT2D eigenvalue weighted by Gasteiger charge is -2.49. The van der Waals surface area contributed by atoms with E-state index in [0.29, 0.717) is 12.8 Å². The Hall–Kier alpha value is -1.39. The van der Waals surface area contributed by atoms with Crippen molar-refractivity contribution in [1.82, 2.24) is 4.90 Å². The third-order valence-corrected chi connectivity index (χ3v) is 15.4. The van der Waals surface area contributed by atoms with Crippen molar-refractivity contribution >= 4 is 21.9 Å². The Morgan fingerprint density at radius 3 is 1.84 bits per heavy atom. The van der Waals surface area contributed by atoms with E-state index in [1.807, 2.05) is 25.9 Å². The number of carbonyl (C=O) groups excluding carboxylic acids is 2. The van der Waals surface area contributed by atoms with E-state index in [1.54, 1.807) is 41.5 Å². The van der Waals surface area contributed by atoms with Gasteiger partial charge in [-0.25, -0.2) is 0 Å². The second-order valence-corrected chi connectivity index (χ2v) is 22.5. The number of esters is 1. The fourth-order valence-corrected chi connectivity index (χ4v) is 10.8. The molecule has 396 valence electrons. The van der Waals surface area contributed by atoms with E-state index in [2.05, 4.69) is 6.92 Å². The van der Waals surface area contributed by atoms with Gasteiger partial charge in [0.2, 0.25) is 0 Å². The zero-order valence-electron chi connectivity index (χ0n) is 43.4. The molecule has 3 fully saturated rings. The van der Waals surface area contributed by atoms with Crippen LogP contribution in [0.1, 0.15) is 166 Å². The molecule has 0 spiro atoms. The van der Waals surface area contributed by atoms with Gasteiger partial charge in [0.25, 0.3) is 10.1 Å². The number of ether oxygens (including phenoxy) is 6. The molecule has 6 N–H and O–H groups in total. The molecule has 0 aromatic carbocycles. The second-order valence-electron chi connectivity index (χ2n) is 20.9. The predicted molar refractivity (Wildman–Crippen MR) is 255 cm³/mol. The van der Waals surface area contributed by atoms with Crippen molar-refractivity contribution in [2.45, 2.75) is 250 Å². The maximum Gasteiger partial charge on any atom is 0.311 e. The highest BCUT2D eigenvalue weighted by Crippen LogP contribution is 2.41. The van der Waals surface area contributed by atoms with Crippen LogP contribution in [0.5, 0.6) is 0 Å². The smallest absolute Gasteiger partial charge is 0.311 e. The second kappa shape index (κ2) is 27.4. The molecule has 3 saturated heterocycles. The first-order valence-electron chi connectivity index (χ1n) is 25.0. The first-order valence-corrected chi connectivity index (χ1v) is 26.6. The Bertz CT molecular complexity index is 1580. The van der Waals surface area contributed by atoms with Gasteiger partial charge in [-0.15, -0.1) is 0 Å². The summed E-state index contributed by atoms with van der Waals surface area (Å²) in [6.07, 6.45) is 1.95. The average molecular weight is 984 g/mol. The Morgan fingerprint density at radius 2 is 1.33 bits per heavy atom. The highest BCUT2D eigenvalue weighted by molar-refractivity contribution is 7.85. The highest BCUT2D eigenvalue weighted by atomic mass is 32.2. The van der Waals surface area contributed by atoms with Crippen molar-refractivity contribution in [3.63, 3.8) is 0 Å². The SMILES string of the molecule is CCCCCCCCCCCCS(=O)(=O)O.CC[C@H]1OC(=O)[C@H](C)[C@@H](O[C@H]2C[C@@](C)(OC)[C@@H](O)[C@H](C)O2)[C@@H](C)[C@@H](O[C@@H]2O[C@H](C)C[C@H](N(C)C)[C@H]2O)[C@](C)(O)C[C@@H](C)C(=O)[C@H](C)[C@H](O)[C@]1(C)O. The predicted octanol–water partition coefficient (Wildman–Crippen LogP) is 5.58. The van der Waals surface area contributed by atoms with E-state index in [4.69, 9.17) is 33.0 Å². The molecule has 0 bridgehead atoms. The molecule has 3 aliphatic heterocycles. The summed E-state index contributed by atoms with van der Waals surface area (Å²) in [7, 11) is 1.44. The number of carbonyl (C=O) groups is 2. The minimum absolute atomic E-state index is 0.0799. The molecule has 17 nitrogen and oxygen atoms in total. The molecule has 3 rings (SSSR count). The molecule has 0 aromatic rings. The van der Waals surface area contributed by atoms with Crippen LogP contribution in [0.3, 0.4) is 0 Å². The van der Waals surface area contributed by atoms with Crippen LogP contribution < -0.4 is 0 Å². The molecule has 0 aromatic heterocycles. The molecule has 3 aliphatic rings. The molecule has 0 amide bonds. The number of methoxy groups -OCH3 is 1. The van der Waals surface area contributed by atoms with Crippen LogP contribution in [0.2, 0.25) is 0 Å². The van der Waals surface area contributed by atoms with E-state index in [-0.39, 0.29) is 37.2 Å². The molecule has 0 saturated carbocycles. The number of ketones is 1. The molecule has 67 heavy (non-hydrogen) atoms. The van der Waals surface area contributed by atoms with E-state index >= 15 is 0 Å². The largest absolute Gasteiger partial charge is 0.459 e. The fourth-order valence-electron chi connectivity index (χ4n) is 10.2. The highest BCUT2D eigenvalue weighted by Gasteiger charge is 2.53. The summed E-state index contributed by atoms with van der Waals surface area (Å²) in [5, 5.41) is 57.6. The van der Waals surface area contributed by atoms with Gasteiger partial charge >= 0.3 is 5.97 Å². The normalized spacial score (nSPS) is 40.7. The fraction of sp³-hybridized carbons (Fsp3) is 0.959. The maximum absolute atomic E-state index is 14.1. The van der Waals surface area contributed by atoms with Gasteiger partial charge < -0.3 is 58.9 Å². The third kappa shape index (κ3) is 18.0. The number of hydrogen-bond donors (Lipinski definition) is 6. The van der Waals surface area contributed by atoms with E-state index in [9.17, 15) is 43.5 Å². The Balaban J connectivity index is 0.000000817. The first-order chi connectivity index (χ1) is 31.0. The van der Waals surface area contributed by atoms with Gasteiger partial charge in [0.05, 0.1) is 53.4 Å². The summed E-state index contributed by atoms with van der Waals surface area (Å²) in [5.41, 5.74) is -4.84. The van der Waals surface area contributed by atoms with E-state index in [0.717, 1.165) is 12.8 Å². The number of cyclic esters (lactones) is 1. The lowest BCUT2D eigenvalue weighted by atomic mass is 9.74. The van der Waals surface area contributed by atoms with Crippen LogP contribution in [-0.4, -0.2) is 166 Å². The van der Waals surface area contributed by atoms with Crippen LogP contribution in [-0.2, 0) is 48.1 Å². The van der Waals surface area contributed by atoms with Crippen LogP contribution in [0.15, 0.2) is 0 Å². The van der Waals surface area contributed by atoms with Gasteiger partial charge in [-0.3, -0.25) is 14.1 Å². The molecule has 18 atom stereocenters. The first kappa shape index (κ1) is 61.7. The lowest BCUT2D eigenvalue weighted by Crippen LogP contribution is -2.61. The number of likely N-dealkylation sites (N-methyl/N-ethyl adjacent to an activating group) is 1. The van der Waals surface area contributed by atoms with Crippen LogP contribution in [0, 0.1) is 23.7 Å². The Kier molecular flexibility index (Phi) is 25.3. The number of aliphatic hydroxyl groups excluding tert-OH is 3. The zero-order chi connectivity index (χ0) is 51.2. The molecule has 3 heterocycles. The quantitative estimate of drug-likeness (QED) is 0.0557. The summed E-state index contributed by atoms with van der Waals surface area (Å²) in [5.74, 6) is -5.06. The third-order valence-electron chi connectivity index (χ3n) is 14.6. The summed E-state index contributed by atoms with van der Waals surface area (Å²) in [4.78, 5) is 29.8. The molecule has 18 heteroatoms. The number of hydrogen-bond acceptors (Lipinski definition) is 16. The molecular weight excluding hydrogens is 891 g/mol. The zero-order valence-corrected chi connectivity index (χ0v) is 44.2. The topological polar surface area (TPSA) is 248 Å². The van der Waals surface area contributed by atoms with E-state index in [1.165, 1.54) is 72.8 Å². The summed E-state index contributed by atoms with van der Waals surface area (Å²) in [6, 6.07) is -0.324. The standard InChI is InChI=1S/C37H67NO13.C12H26O3S/c1-14-25-37(10,45)30(41)20(4)27(39)18(2)16-35(8,44)32(51-34-28(40)24(38(11)12)15-19(3)47-34)21(5)29(22(6)33(43)49-25)50-26-17-36(9,46-13)31(42)23(7)48-26;1-2-3-4-5-6-7-8-9-10-11-12-16(13,14)15/h18-26,28-32,34,40-42,44-45H,14-17H2,1-13H3;2-12H2,1H3,(H,13,14,15)/t18-,19-,20+,21-,22-,23+,24+,25-,26+,28-,29+,30+,31+,32-,34+,35-,36-,37-;/m1./s1.